The molecule has 17 heavy (non-hydrogen) atoms. The Morgan fingerprint density at radius 2 is 2.00 bits per heavy atom. The van der Waals surface area contributed by atoms with Crippen molar-refractivity contribution in [1.82, 2.24) is 0 Å². The number of hydrazone groups is 1. The molecule has 0 saturated carbocycles. The van der Waals surface area contributed by atoms with E-state index in [2.05, 4.69) is 10.5 Å². The van der Waals surface area contributed by atoms with Crippen molar-refractivity contribution in [2.45, 2.75) is 0 Å². The first-order chi connectivity index (χ1) is 8.08. The highest BCUT2D eigenvalue weighted by Crippen LogP contribution is 2.07. The maximum absolute atomic E-state index is 13.1. The SMILES string of the molecule is N#CC(C#N)=NNc1ccc(F)c(B(O)O)c1. The molecule has 6 nitrogen and oxygen atoms in total. The molecular formula is C9H6BFN4O2. The van der Waals surface area contributed by atoms with Crippen molar-refractivity contribution in [2.75, 3.05) is 5.43 Å². The monoisotopic (exact) mass is 232 g/mol. The van der Waals surface area contributed by atoms with Crippen LogP contribution in [-0.4, -0.2) is 22.9 Å². The van der Waals surface area contributed by atoms with Crippen molar-refractivity contribution >= 4 is 24.0 Å². The van der Waals surface area contributed by atoms with Crippen molar-refractivity contribution in [1.29, 1.82) is 10.5 Å². The molecule has 0 aliphatic carbocycles. The molecule has 0 unspecified atom stereocenters. The van der Waals surface area contributed by atoms with Crippen LogP contribution in [0.15, 0.2) is 23.3 Å². The highest BCUT2D eigenvalue weighted by atomic mass is 19.1. The van der Waals surface area contributed by atoms with Crippen LogP contribution in [0.3, 0.4) is 0 Å². The minimum absolute atomic E-state index is 0.220. The van der Waals surface area contributed by atoms with E-state index in [4.69, 9.17) is 20.6 Å². The van der Waals surface area contributed by atoms with Gasteiger partial charge in [0.2, 0.25) is 5.71 Å². The summed E-state index contributed by atoms with van der Waals surface area (Å²) in [5, 5.41) is 37.9. The van der Waals surface area contributed by atoms with Gasteiger partial charge in [-0.1, -0.05) is 0 Å². The number of halogens is 1. The lowest BCUT2D eigenvalue weighted by atomic mass is 9.80. The fourth-order valence-corrected chi connectivity index (χ4v) is 1.01. The van der Waals surface area contributed by atoms with E-state index in [9.17, 15) is 4.39 Å². The summed E-state index contributed by atoms with van der Waals surface area (Å²) in [7, 11) is -1.95. The van der Waals surface area contributed by atoms with Crippen molar-refractivity contribution in [3.8, 4) is 12.1 Å². The molecule has 84 valence electrons. The Hall–Kier alpha value is -2.42. The Morgan fingerprint density at radius 1 is 1.35 bits per heavy atom. The molecule has 0 aromatic heterocycles. The van der Waals surface area contributed by atoms with E-state index in [1.54, 1.807) is 0 Å². The van der Waals surface area contributed by atoms with Crippen LogP contribution in [0.4, 0.5) is 10.1 Å². The highest BCUT2D eigenvalue weighted by molar-refractivity contribution is 6.58. The van der Waals surface area contributed by atoms with Crippen LogP contribution in [0.5, 0.6) is 0 Å². The molecule has 8 heteroatoms. The van der Waals surface area contributed by atoms with E-state index in [-0.39, 0.29) is 11.2 Å². The van der Waals surface area contributed by atoms with Gasteiger partial charge in [0.25, 0.3) is 0 Å². The summed E-state index contributed by atoms with van der Waals surface area (Å²) in [4.78, 5) is 0. The second-order valence-electron chi connectivity index (χ2n) is 2.91. The van der Waals surface area contributed by atoms with Gasteiger partial charge in [0.15, 0.2) is 0 Å². The third-order valence-corrected chi connectivity index (χ3v) is 1.78. The lowest BCUT2D eigenvalue weighted by molar-refractivity contribution is 0.423. The fourth-order valence-electron chi connectivity index (χ4n) is 1.01. The minimum Gasteiger partial charge on any atom is -0.423 e. The minimum atomic E-state index is -1.95. The predicted octanol–water partition coefficient (Wildman–Crippen LogP) is -0.679. The number of nitrogens with one attached hydrogen (secondary N) is 1. The van der Waals surface area contributed by atoms with Crippen LogP contribution in [0, 0.1) is 28.5 Å². The molecule has 0 aliphatic rings. The number of anilines is 1. The molecular weight excluding hydrogens is 226 g/mol. The zero-order chi connectivity index (χ0) is 12.8. The highest BCUT2D eigenvalue weighted by Gasteiger charge is 2.16. The summed E-state index contributed by atoms with van der Waals surface area (Å²) in [6, 6.07) is 6.44. The fraction of sp³-hybridized carbons (Fsp3) is 0. The number of rotatable bonds is 3. The Morgan fingerprint density at radius 3 is 2.53 bits per heavy atom. The van der Waals surface area contributed by atoms with Crippen LogP contribution in [-0.2, 0) is 0 Å². The average molecular weight is 232 g/mol. The quantitative estimate of drug-likeness (QED) is 0.363. The Kier molecular flexibility index (Phi) is 4.18. The first-order valence-corrected chi connectivity index (χ1v) is 4.38. The standard InChI is InChI=1S/C9H6BFN4O2/c11-9-2-1-6(3-8(9)10(16)17)14-15-7(4-12)5-13/h1-3,14,16-17H. The van der Waals surface area contributed by atoms with Gasteiger partial charge in [0.1, 0.15) is 18.0 Å². The van der Waals surface area contributed by atoms with Gasteiger partial charge >= 0.3 is 7.12 Å². The van der Waals surface area contributed by atoms with E-state index < -0.39 is 18.6 Å². The van der Waals surface area contributed by atoms with E-state index in [1.807, 2.05) is 0 Å². The van der Waals surface area contributed by atoms with Crippen LogP contribution in [0.2, 0.25) is 0 Å². The lowest BCUT2D eigenvalue weighted by Gasteiger charge is -2.04. The number of hydrogen-bond donors (Lipinski definition) is 3. The normalized spacial score (nSPS) is 8.76. The van der Waals surface area contributed by atoms with Gasteiger partial charge < -0.3 is 10.0 Å². The van der Waals surface area contributed by atoms with Gasteiger partial charge in [-0.3, -0.25) is 5.43 Å². The zero-order valence-corrected chi connectivity index (χ0v) is 8.42. The Labute approximate surface area is 96.4 Å². The predicted molar refractivity (Wildman–Crippen MR) is 58.5 cm³/mol. The average Bonchev–Trinajstić information content (AvgIpc) is 2.32. The summed E-state index contributed by atoms with van der Waals surface area (Å²) in [6.07, 6.45) is 0. The first-order valence-electron chi connectivity index (χ1n) is 4.38. The molecule has 0 aliphatic heterocycles. The number of nitrogens with zero attached hydrogens (tertiary/aromatic N) is 3. The maximum atomic E-state index is 13.1. The first kappa shape index (κ1) is 12.7. The summed E-state index contributed by atoms with van der Waals surface area (Å²) in [6.45, 7) is 0. The third kappa shape index (κ3) is 3.28. The molecule has 1 aromatic carbocycles. The Bertz CT molecular complexity index is 517. The van der Waals surface area contributed by atoms with E-state index >= 15 is 0 Å². The van der Waals surface area contributed by atoms with E-state index in [0.717, 1.165) is 12.1 Å². The van der Waals surface area contributed by atoms with Crippen molar-refractivity contribution in [3.63, 3.8) is 0 Å². The number of benzene rings is 1. The molecule has 3 N–H and O–H groups in total. The second kappa shape index (κ2) is 5.61. The van der Waals surface area contributed by atoms with E-state index in [0.29, 0.717) is 0 Å². The molecule has 1 rings (SSSR count). The van der Waals surface area contributed by atoms with Crippen LogP contribution < -0.4 is 10.9 Å². The molecule has 0 saturated heterocycles. The number of nitriles is 2. The van der Waals surface area contributed by atoms with Crippen LogP contribution >= 0.6 is 0 Å². The number of hydrogen-bond acceptors (Lipinski definition) is 6. The molecule has 0 radical (unpaired) electrons. The second-order valence-corrected chi connectivity index (χ2v) is 2.91. The summed E-state index contributed by atoms with van der Waals surface area (Å²) < 4.78 is 13.1. The van der Waals surface area contributed by atoms with Gasteiger partial charge in [-0.15, -0.1) is 0 Å². The maximum Gasteiger partial charge on any atom is 0.491 e. The van der Waals surface area contributed by atoms with Gasteiger partial charge in [-0.05, 0) is 18.2 Å². The van der Waals surface area contributed by atoms with Crippen molar-refractivity contribution in [3.05, 3.63) is 24.0 Å². The van der Waals surface area contributed by atoms with Crippen molar-refractivity contribution in [2.24, 2.45) is 5.10 Å². The van der Waals surface area contributed by atoms with Gasteiger partial charge in [-0.2, -0.15) is 15.6 Å². The van der Waals surface area contributed by atoms with Crippen LogP contribution in [0.1, 0.15) is 0 Å². The smallest absolute Gasteiger partial charge is 0.423 e. The Balaban J connectivity index is 2.96. The molecule has 0 amide bonds. The summed E-state index contributed by atoms with van der Waals surface area (Å²) >= 11 is 0. The summed E-state index contributed by atoms with van der Waals surface area (Å²) in [5.41, 5.74) is 1.81. The van der Waals surface area contributed by atoms with Gasteiger partial charge in [-0.25, -0.2) is 4.39 Å². The van der Waals surface area contributed by atoms with Gasteiger partial charge in [0, 0.05) is 5.46 Å². The lowest BCUT2D eigenvalue weighted by Crippen LogP contribution is -2.32. The third-order valence-electron chi connectivity index (χ3n) is 1.78. The molecule has 0 atom stereocenters. The van der Waals surface area contributed by atoms with E-state index in [1.165, 1.54) is 18.2 Å². The molecule has 1 aromatic rings. The van der Waals surface area contributed by atoms with Crippen molar-refractivity contribution < 1.29 is 14.4 Å². The molecule has 0 fully saturated rings. The molecule has 0 bridgehead atoms. The largest absolute Gasteiger partial charge is 0.491 e. The molecule has 0 heterocycles. The topological polar surface area (TPSA) is 112 Å². The molecule has 0 spiro atoms. The van der Waals surface area contributed by atoms with Crippen LogP contribution in [0.25, 0.3) is 0 Å². The summed E-state index contributed by atoms with van der Waals surface area (Å²) in [5.74, 6) is -0.782. The van der Waals surface area contributed by atoms with Gasteiger partial charge in [0.05, 0.1) is 5.69 Å². The zero-order valence-electron chi connectivity index (χ0n) is 8.42.